The van der Waals surface area contributed by atoms with Gasteiger partial charge in [0.25, 0.3) is 5.91 Å². The lowest BCUT2D eigenvalue weighted by atomic mass is 10.1. The number of nitrogens with one attached hydrogen (secondary N) is 1. The predicted molar refractivity (Wildman–Crippen MR) is 125 cm³/mol. The monoisotopic (exact) mass is 438 g/mol. The Bertz CT molecular complexity index is 854. The molecule has 0 unspecified atom stereocenters. The molecule has 0 aromatic heterocycles. The van der Waals surface area contributed by atoms with Crippen LogP contribution in [0.4, 0.5) is 0 Å². The third-order valence-electron chi connectivity index (χ3n) is 5.72. The summed E-state index contributed by atoms with van der Waals surface area (Å²) in [5.74, 6) is 0.668. The fraction of sp³-hybridized carbons (Fsp3) is 0.462. The molecule has 1 aliphatic heterocycles. The van der Waals surface area contributed by atoms with Crippen LogP contribution in [0.25, 0.3) is 0 Å². The zero-order valence-corrected chi connectivity index (χ0v) is 19.1. The van der Waals surface area contributed by atoms with Gasteiger partial charge in [0.1, 0.15) is 11.5 Å². The lowest BCUT2D eigenvalue weighted by Crippen LogP contribution is -2.53. The maximum Gasteiger partial charge on any atom is 0.258 e. The quantitative estimate of drug-likeness (QED) is 0.583. The molecule has 6 nitrogen and oxygen atoms in total. The third kappa shape index (κ3) is 7.77. The van der Waals surface area contributed by atoms with Crippen LogP contribution in [0, 0.1) is 0 Å². The summed E-state index contributed by atoms with van der Waals surface area (Å²) in [5.41, 5.74) is 2.36. The number of ketones is 1. The van der Waals surface area contributed by atoms with Crippen LogP contribution in [0.5, 0.6) is 5.75 Å². The van der Waals surface area contributed by atoms with Gasteiger partial charge in [-0.05, 0) is 43.0 Å². The van der Waals surface area contributed by atoms with E-state index in [1.54, 1.807) is 6.92 Å². The third-order valence-corrected chi connectivity index (χ3v) is 5.72. The fourth-order valence-corrected chi connectivity index (χ4v) is 3.89. The maximum absolute atomic E-state index is 12.5. The van der Waals surface area contributed by atoms with Crippen molar-refractivity contribution in [3.05, 3.63) is 65.7 Å². The van der Waals surface area contributed by atoms with E-state index in [1.807, 2.05) is 30.3 Å². The number of hydrogen-bond donors (Lipinski definition) is 1. The summed E-state index contributed by atoms with van der Waals surface area (Å²) < 4.78 is 11.6. The van der Waals surface area contributed by atoms with Crippen LogP contribution in [0.3, 0.4) is 0 Å². The summed E-state index contributed by atoms with van der Waals surface area (Å²) >= 11 is 0. The van der Waals surface area contributed by atoms with E-state index in [0.717, 1.165) is 38.0 Å². The molecule has 172 valence electrons. The first-order valence-electron chi connectivity index (χ1n) is 11.4. The summed E-state index contributed by atoms with van der Waals surface area (Å²) in [5, 5.41) is 3.08. The molecule has 0 radical (unpaired) electrons. The van der Waals surface area contributed by atoms with Crippen molar-refractivity contribution in [2.45, 2.75) is 51.8 Å². The molecule has 1 heterocycles. The van der Waals surface area contributed by atoms with Crippen LogP contribution in [-0.4, -0.2) is 55.0 Å². The van der Waals surface area contributed by atoms with Gasteiger partial charge in [-0.2, -0.15) is 0 Å². The van der Waals surface area contributed by atoms with E-state index in [0.29, 0.717) is 18.8 Å². The van der Waals surface area contributed by atoms with Crippen LogP contribution >= 0.6 is 0 Å². The average Bonchev–Trinajstić information content (AvgIpc) is 2.81. The molecule has 0 spiro atoms. The molecule has 1 N–H and O–H groups in total. The lowest BCUT2D eigenvalue weighted by molar-refractivity contribution is -0.126. The molecule has 1 fully saturated rings. The minimum atomic E-state index is -0.152. The van der Waals surface area contributed by atoms with Gasteiger partial charge in [0.15, 0.2) is 6.61 Å². The smallest absolute Gasteiger partial charge is 0.258 e. The Hall–Kier alpha value is -2.70. The Morgan fingerprint density at radius 3 is 2.56 bits per heavy atom. The maximum atomic E-state index is 12.5. The molecule has 1 aliphatic rings. The Labute approximate surface area is 190 Å². The molecule has 32 heavy (non-hydrogen) atoms. The van der Waals surface area contributed by atoms with E-state index in [9.17, 15) is 9.59 Å². The first-order chi connectivity index (χ1) is 15.5. The molecule has 6 heteroatoms. The summed E-state index contributed by atoms with van der Waals surface area (Å²) in [4.78, 5) is 26.0. The van der Waals surface area contributed by atoms with Gasteiger partial charge in [0, 0.05) is 26.1 Å². The van der Waals surface area contributed by atoms with Crippen LogP contribution in [0.1, 0.15) is 37.8 Å². The molecule has 0 saturated carbocycles. The number of hydrogen-bond acceptors (Lipinski definition) is 5. The SMILES string of the molecule is CC[C@@H](NC(=O)COc1ccc(CCC(C)=O)cc1)[C@@H]1CN(Cc2ccccc2)CCO1. The van der Waals surface area contributed by atoms with Crippen molar-refractivity contribution in [3.8, 4) is 5.75 Å². The standard InChI is InChI=1S/C26H34N2O4/c1-3-24(25-18-28(15-16-31-25)17-22-7-5-4-6-8-22)27-26(30)19-32-23-13-11-21(12-14-23)10-9-20(2)29/h4-8,11-14,24-25H,3,9-10,15-19H2,1-2H3,(H,27,30)/t24-,25+/m1/s1. The first-order valence-corrected chi connectivity index (χ1v) is 11.4. The second-order valence-electron chi connectivity index (χ2n) is 8.35. The van der Waals surface area contributed by atoms with Crippen molar-refractivity contribution in [1.29, 1.82) is 0 Å². The van der Waals surface area contributed by atoms with E-state index >= 15 is 0 Å². The van der Waals surface area contributed by atoms with E-state index in [4.69, 9.17) is 9.47 Å². The molecule has 2 aromatic carbocycles. The zero-order valence-electron chi connectivity index (χ0n) is 19.1. The van der Waals surface area contributed by atoms with Gasteiger partial charge >= 0.3 is 0 Å². The number of amides is 1. The molecule has 1 amide bonds. The highest BCUT2D eigenvalue weighted by atomic mass is 16.5. The van der Waals surface area contributed by atoms with Gasteiger partial charge in [-0.1, -0.05) is 49.4 Å². The van der Waals surface area contributed by atoms with Crippen LogP contribution in [-0.2, 0) is 27.3 Å². The van der Waals surface area contributed by atoms with Gasteiger partial charge in [0.05, 0.1) is 18.8 Å². The molecule has 2 atom stereocenters. The highest BCUT2D eigenvalue weighted by molar-refractivity contribution is 5.78. The molecule has 3 rings (SSSR count). The number of ether oxygens (including phenoxy) is 2. The molecule has 0 aliphatic carbocycles. The van der Waals surface area contributed by atoms with Crippen LogP contribution in [0.2, 0.25) is 0 Å². The topological polar surface area (TPSA) is 67.9 Å². The van der Waals surface area contributed by atoms with E-state index in [1.165, 1.54) is 5.56 Å². The summed E-state index contributed by atoms with van der Waals surface area (Å²) in [6.45, 7) is 6.85. The molecular formula is C26H34N2O4. The van der Waals surface area contributed by atoms with Gasteiger partial charge in [0.2, 0.25) is 0 Å². The normalized spacial score (nSPS) is 17.5. The number of carbonyl (C=O) groups excluding carboxylic acids is 2. The van der Waals surface area contributed by atoms with Crippen molar-refractivity contribution in [2.24, 2.45) is 0 Å². The van der Waals surface area contributed by atoms with E-state index in [2.05, 4.69) is 41.4 Å². The Morgan fingerprint density at radius 2 is 1.88 bits per heavy atom. The highest BCUT2D eigenvalue weighted by Gasteiger charge is 2.28. The fourth-order valence-electron chi connectivity index (χ4n) is 3.89. The minimum absolute atomic E-state index is 0.0380. The number of rotatable bonds is 11. The number of benzene rings is 2. The largest absolute Gasteiger partial charge is 0.484 e. The van der Waals surface area contributed by atoms with Crippen molar-refractivity contribution < 1.29 is 19.1 Å². The number of aryl methyl sites for hydroxylation is 1. The summed E-state index contributed by atoms with van der Waals surface area (Å²) in [7, 11) is 0. The number of carbonyl (C=O) groups is 2. The predicted octanol–water partition coefficient (Wildman–Crippen LogP) is 3.38. The first kappa shape index (κ1) is 24.0. The zero-order chi connectivity index (χ0) is 22.8. The number of morpholine rings is 1. The van der Waals surface area contributed by atoms with Crippen molar-refractivity contribution in [1.82, 2.24) is 10.2 Å². The van der Waals surface area contributed by atoms with Crippen LogP contribution < -0.4 is 10.1 Å². The second kappa shape index (κ2) is 12.4. The van der Waals surface area contributed by atoms with E-state index in [-0.39, 0.29) is 30.4 Å². The van der Waals surface area contributed by atoms with Crippen molar-refractivity contribution >= 4 is 11.7 Å². The van der Waals surface area contributed by atoms with E-state index < -0.39 is 0 Å². The molecule has 1 saturated heterocycles. The van der Waals surface area contributed by atoms with Gasteiger partial charge < -0.3 is 19.6 Å². The molecule has 2 aromatic rings. The Balaban J connectivity index is 1.45. The second-order valence-corrected chi connectivity index (χ2v) is 8.35. The number of nitrogens with zero attached hydrogens (tertiary/aromatic N) is 1. The summed E-state index contributed by atoms with van der Waals surface area (Å²) in [6.07, 6.45) is 2.01. The van der Waals surface area contributed by atoms with Gasteiger partial charge in [-0.3, -0.25) is 9.69 Å². The van der Waals surface area contributed by atoms with Crippen molar-refractivity contribution in [2.75, 3.05) is 26.3 Å². The summed E-state index contributed by atoms with van der Waals surface area (Å²) in [6, 6.07) is 17.9. The van der Waals surface area contributed by atoms with Gasteiger partial charge in [-0.15, -0.1) is 0 Å². The Morgan fingerprint density at radius 1 is 1.12 bits per heavy atom. The molecule has 0 bridgehead atoms. The molecular weight excluding hydrogens is 404 g/mol. The average molecular weight is 439 g/mol. The van der Waals surface area contributed by atoms with Crippen molar-refractivity contribution in [3.63, 3.8) is 0 Å². The lowest BCUT2D eigenvalue weighted by Gasteiger charge is -2.37. The highest BCUT2D eigenvalue weighted by Crippen LogP contribution is 2.16. The minimum Gasteiger partial charge on any atom is -0.484 e. The van der Waals surface area contributed by atoms with Crippen LogP contribution in [0.15, 0.2) is 54.6 Å². The Kier molecular flexibility index (Phi) is 9.26. The van der Waals surface area contributed by atoms with Gasteiger partial charge in [-0.25, -0.2) is 0 Å². The number of Topliss-reactive ketones (excluding diaryl/α,β-unsaturated/α-hetero) is 1.